The van der Waals surface area contributed by atoms with E-state index in [1.807, 2.05) is 60.7 Å². The van der Waals surface area contributed by atoms with Gasteiger partial charge in [-0.05, 0) is 71.8 Å². The number of nitrogens with zero attached hydrogens (tertiary/aromatic N) is 4. The average molecular weight is 589 g/mol. The molecular formula is C33H22F6N4. The third kappa shape index (κ3) is 5.20. The Kier molecular flexibility index (Phi) is 6.92. The largest absolute Gasteiger partial charge is 0.416 e. The van der Waals surface area contributed by atoms with Crippen LogP contribution in [0.15, 0.2) is 134 Å². The first-order valence-corrected chi connectivity index (χ1v) is 13.2. The molecule has 2 heterocycles. The highest BCUT2D eigenvalue weighted by molar-refractivity contribution is 5.56. The van der Waals surface area contributed by atoms with Crippen LogP contribution in [0.4, 0.5) is 26.3 Å². The molecule has 0 amide bonds. The molecule has 0 fully saturated rings. The van der Waals surface area contributed by atoms with E-state index in [-0.39, 0.29) is 0 Å². The Labute approximate surface area is 242 Å². The van der Waals surface area contributed by atoms with Crippen LogP contribution >= 0.6 is 0 Å². The van der Waals surface area contributed by atoms with Crippen LogP contribution in [0.25, 0.3) is 11.4 Å². The van der Waals surface area contributed by atoms with Crippen molar-refractivity contribution in [3.63, 3.8) is 0 Å². The fraction of sp³-hybridized carbons (Fsp3) is 0.0909. The molecule has 0 aliphatic heterocycles. The normalized spacial score (nSPS) is 12.4. The molecule has 0 spiro atoms. The topological polar surface area (TPSA) is 35.6 Å². The quantitative estimate of drug-likeness (QED) is 0.183. The summed E-state index contributed by atoms with van der Waals surface area (Å²) in [5, 5.41) is 9.71. The van der Waals surface area contributed by atoms with E-state index in [9.17, 15) is 26.3 Å². The highest BCUT2D eigenvalue weighted by Gasteiger charge is 2.43. The van der Waals surface area contributed by atoms with Crippen LogP contribution in [0.5, 0.6) is 0 Å². The molecule has 0 unspecified atom stereocenters. The number of hydrogen-bond acceptors (Lipinski definition) is 2. The summed E-state index contributed by atoms with van der Waals surface area (Å²) in [4.78, 5) is 0. The summed E-state index contributed by atoms with van der Waals surface area (Å²) in [6.45, 7) is 0. The van der Waals surface area contributed by atoms with Crippen LogP contribution in [-0.4, -0.2) is 19.6 Å². The molecule has 2 aromatic heterocycles. The van der Waals surface area contributed by atoms with E-state index in [1.54, 1.807) is 24.5 Å². The SMILES string of the molecule is FC(F)(F)c1ccc(-n2ccc(C(c3ccccc3)(c3ccccc3)c3ccn(-c4ccc(C(F)(F)F)cc4)n3)n2)cc1. The maximum Gasteiger partial charge on any atom is 0.416 e. The van der Waals surface area contributed by atoms with Gasteiger partial charge < -0.3 is 0 Å². The zero-order valence-electron chi connectivity index (χ0n) is 22.3. The number of hydrogen-bond donors (Lipinski definition) is 0. The molecule has 0 bridgehead atoms. The summed E-state index contributed by atoms with van der Waals surface area (Å²) < 4.78 is 82.0. The zero-order chi connectivity index (χ0) is 30.2. The molecule has 6 rings (SSSR count). The molecule has 0 aliphatic carbocycles. The highest BCUT2D eigenvalue weighted by Crippen LogP contribution is 2.44. The summed E-state index contributed by atoms with van der Waals surface area (Å²) in [6, 6.07) is 32.0. The van der Waals surface area contributed by atoms with Gasteiger partial charge in [0.25, 0.3) is 0 Å². The molecule has 0 aliphatic rings. The maximum atomic E-state index is 13.2. The Bertz CT molecular complexity index is 1680. The minimum Gasteiger partial charge on any atom is -0.241 e. The van der Waals surface area contributed by atoms with Gasteiger partial charge in [0.2, 0.25) is 0 Å². The molecule has 216 valence electrons. The smallest absolute Gasteiger partial charge is 0.241 e. The molecule has 0 N–H and O–H groups in total. The number of rotatable bonds is 6. The lowest BCUT2D eigenvalue weighted by atomic mass is 9.69. The summed E-state index contributed by atoms with van der Waals surface area (Å²) in [5.74, 6) is 0. The van der Waals surface area contributed by atoms with Crippen molar-refractivity contribution >= 4 is 0 Å². The first kappa shape index (κ1) is 28.0. The van der Waals surface area contributed by atoms with Gasteiger partial charge in [-0.1, -0.05) is 60.7 Å². The fourth-order valence-corrected chi connectivity index (χ4v) is 5.21. The van der Waals surface area contributed by atoms with Gasteiger partial charge in [-0.25, -0.2) is 9.36 Å². The van der Waals surface area contributed by atoms with Crippen LogP contribution in [0.2, 0.25) is 0 Å². The molecule has 0 radical (unpaired) electrons. The van der Waals surface area contributed by atoms with Crippen LogP contribution in [-0.2, 0) is 17.8 Å². The number of halogens is 6. The third-order valence-electron chi connectivity index (χ3n) is 7.28. The Hall–Kier alpha value is -5.12. The average Bonchev–Trinajstić information content (AvgIpc) is 3.70. The minimum absolute atomic E-state index is 0.435. The summed E-state index contributed by atoms with van der Waals surface area (Å²) in [6.07, 6.45) is -5.58. The van der Waals surface area contributed by atoms with Crippen LogP contribution in [0.1, 0.15) is 33.6 Å². The predicted molar refractivity (Wildman–Crippen MR) is 149 cm³/mol. The lowest BCUT2D eigenvalue weighted by molar-refractivity contribution is -0.138. The molecular weight excluding hydrogens is 566 g/mol. The predicted octanol–water partition coefficient (Wildman–Crippen LogP) is 8.48. The highest BCUT2D eigenvalue weighted by atomic mass is 19.4. The standard InChI is InChI=1S/C33H22F6N4/c34-32(35,36)25-11-15-27(16-12-25)42-21-19-29(40-42)31(23-7-3-1-4-8-23,24-9-5-2-6-10-24)30-20-22-43(41-30)28-17-13-26(14-18-28)33(37,38)39/h1-22H. The molecule has 10 heteroatoms. The van der Waals surface area contributed by atoms with Crippen molar-refractivity contribution in [3.8, 4) is 11.4 Å². The molecule has 0 saturated heterocycles. The van der Waals surface area contributed by atoms with Gasteiger partial charge in [-0.2, -0.15) is 36.5 Å². The number of alkyl halides is 6. The van der Waals surface area contributed by atoms with E-state index in [2.05, 4.69) is 0 Å². The van der Waals surface area contributed by atoms with E-state index >= 15 is 0 Å². The van der Waals surface area contributed by atoms with Crippen molar-refractivity contribution in [2.75, 3.05) is 0 Å². The van der Waals surface area contributed by atoms with Gasteiger partial charge in [0.15, 0.2) is 0 Å². The van der Waals surface area contributed by atoms with E-state index in [0.717, 1.165) is 35.4 Å². The molecule has 43 heavy (non-hydrogen) atoms. The second-order valence-electron chi connectivity index (χ2n) is 9.86. The molecule has 0 saturated carbocycles. The van der Waals surface area contributed by atoms with Crippen molar-refractivity contribution in [3.05, 3.63) is 167 Å². The van der Waals surface area contributed by atoms with E-state index in [0.29, 0.717) is 22.8 Å². The van der Waals surface area contributed by atoms with Crippen molar-refractivity contribution in [2.24, 2.45) is 0 Å². The zero-order valence-corrected chi connectivity index (χ0v) is 22.3. The maximum absolute atomic E-state index is 13.2. The first-order chi connectivity index (χ1) is 20.6. The third-order valence-corrected chi connectivity index (χ3v) is 7.28. The number of aromatic nitrogens is 4. The Morgan fingerprint density at radius 1 is 0.395 bits per heavy atom. The van der Waals surface area contributed by atoms with Gasteiger partial charge in [0, 0.05) is 12.4 Å². The first-order valence-electron chi connectivity index (χ1n) is 13.2. The monoisotopic (exact) mass is 588 g/mol. The molecule has 0 atom stereocenters. The van der Waals surface area contributed by atoms with E-state index in [4.69, 9.17) is 10.2 Å². The van der Waals surface area contributed by atoms with E-state index in [1.165, 1.54) is 33.6 Å². The molecule has 4 nitrogen and oxygen atoms in total. The van der Waals surface area contributed by atoms with Crippen molar-refractivity contribution in [1.29, 1.82) is 0 Å². The lowest BCUT2D eigenvalue weighted by Crippen LogP contribution is -2.32. The summed E-state index contributed by atoms with van der Waals surface area (Å²) in [7, 11) is 0. The van der Waals surface area contributed by atoms with Crippen LogP contribution < -0.4 is 0 Å². The second-order valence-corrected chi connectivity index (χ2v) is 9.86. The molecule has 6 aromatic rings. The van der Waals surface area contributed by atoms with Crippen LogP contribution in [0, 0.1) is 0 Å². The van der Waals surface area contributed by atoms with Crippen molar-refractivity contribution in [1.82, 2.24) is 19.6 Å². The van der Waals surface area contributed by atoms with Crippen molar-refractivity contribution < 1.29 is 26.3 Å². The van der Waals surface area contributed by atoms with Gasteiger partial charge >= 0.3 is 12.4 Å². The van der Waals surface area contributed by atoms with Gasteiger partial charge in [0.05, 0.1) is 33.9 Å². The lowest BCUT2D eigenvalue weighted by Gasteiger charge is -2.32. The van der Waals surface area contributed by atoms with Crippen LogP contribution in [0.3, 0.4) is 0 Å². The Morgan fingerprint density at radius 3 is 1.07 bits per heavy atom. The Balaban J connectivity index is 1.52. The van der Waals surface area contributed by atoms with Gasteiger partial charge in [-0.15, -0.1) is 0 Å². The van der Waals surface area contributed by atoms with Gasteiger partial charge in [-0.3, -0.25) is 0 Å². The van der Waals surface area contributed by atoms with Gasteiger partial charge in [0.1, 0.15) is 5.41 Å². The summed E-state index contributed by atoms with van der Waals surface area (Å²) in [5.41, 5.74) is 0.976. The number of benzene rings is 4. The second kappa shape index (κ2) is 10.6. The fourth-order valence-electron chi connectivity index (χ4n) is 5.21. The van der Waals surface area contributed by atoms with E-state index < -0.39 is 28.9 Å². The Morgan fingerprint density at radius 2 is 0.744 bits per heavy atom. The van der Waals surface area contributed by atoms with Crippen molar-refractivity contribution in [2.45, 2.75) is 17.8 Å². The molecule has 4 aromatic carbocycles. The summed E-state index contributed by atoms with van der Waals surface area (Å²) >= 11 is 0. The minimum atomic E-state index is -4.46.